The Bertz CT molecular complexity index is 693. The molecule has 0 saturated carbocycles. The van der Waals surface area contributed by atoms with Crippen LogP contribution >= 0.6 is 11.6 Å². The Morgan fingerprint density at radius 1 is 1.14 bits per heavy atom. The van der Waals surface area contributed by atoms with Gasteiger partial charge in [0.15, 0.2) is 0 Å². The van der Waals surface area contributed by atoms with Crippen molar-refractivity contribution in [2.45, 2.75) is 51.1 Å². The predicted octanol–water partition coefficient (Wildman–Crippen LogP) is 2.58. The highest BCUT2D eigenvalue weighted by Gasteiger charge is 2.26. The number of carbonyl (C=O) groups is 2. The first kappa shape index (κ1) is 22.1. The molecule has 0 radical (unpaired) electrons. The van der Waals surface area contributed by atoms with Gasteiger partial charge in [0.05, 0.1) is 12.6 Å². The molecule has 2 atom stereocenters. The van der Waals surface area contributed by atoms with Crippen LogP contribution in [-0.4, -0.2) is 66.9 Å². The van der Waals surface area contributed by atoms with Gasteiger partial charge in [-0.15, -0.1) is 0 Å². The van der Waals surface area contributed by atoms with Gasteiger partial charge in [-0.1, -0.05) is 36.7 Å². The number of piperidine rings is 1. The van der Waals surface area contributed by atoms with Crippen LogP contribution in [0.1, 0.15) is 50.6 Å². The van der Waals surface area contributed by atoms with E-state index < -0.39 is 0 Å². The van der Waals surface area contributed by atoms with Gasteiger partial charge >= 0.3 is 0 Å². The molecule has 6 nitrogen and oxygen atoms in total. The average Bonchev–Trinajstić information content (AvgIpc) is 3.24. The van der Waals surface area contributed by atoms with E-state index in [4.69, 9.17) is 11.6 Å². The molecule has 2 fully saturated rings. The lowest BCUT2D eigenvalue weighted by Gasteiger charge is -2.33. The first-order valence-corrected chi connectivity index (χ1v) is 11.2. The van der Waals surface area contributed by atoms with Crippen molar-refractivity contribution in [3.63, 3.8) is 0 Å². The summed E-state index contributed by atoms with van der Waals surface area (Å²) in [6, 6.07) is 8.17. The lowest BCUT2D eigenvalue weighted by atomic mass is 10.0. The second kappa shape index (κ2) is 11.0. The summed E-state index contributed by atoms with van der Waals surface area (Å²) in [5.41, 5.74) is 1.08. The second-order valence-electron chi connectivity index (χ2n) is 8.08. The molecule has 3 rings (SSSR count). The summed E-state index contributed by atoms with van der Waals surface area (Å²) < 4.78 is 0. The number of likely N-dealkylation sites (tertiary alicyclic amines) is 2. The third kappa shape index (κ3) is 6.43. The van der Waals surface area contributed by atoms with Gasteiger partial charge in [0.1, 0.15) is 0 Å². The smallest absolute Gasteiger partial charge is 0.234 e. The quantitative estimate of drug-likeness (QED) is 0.678. The summed E-state index contributed by atoms with van der Waals surface area (Å²) in [5, 5.41) is 6.94. The van der Waals surface area contributed by atoms with Gasteiger partial charge in [0.2, 0.25) is 11.8 Å². The molecule has 160 valence electrons. The van der Waals surface area contributed by atoms with Crippen LogP contribution in [0.15, 0.2) is 24.3 Å². The van der Waals surface area contributed by atoms with Crippen LogP contribution in [0.25, 0.3) is 0 Å². The Hall–Kier alpha value is -1.63. The monoisotopic (exact) mass is 420 g/mol. The van der Waals surface area contributed by atoms with Gasteiger partial charge in [-0.2, -0.15) is 0 Å². The molecule has 2 saturated heterocycles. The second-order valence-corrected chi connectivity index (χ2v) is 8.49. The Morgan fingerprint density at radius 2 is 1.90 bits per heavy atom. The fraction of sp³-hybridized carbons (Fsp3) is 0.636. The van der Waals surface area contributed by atoms with Crippen molar-refractivity contribution in [2.24, 2.45) is 0 Å². The maximum Gasteiger partial charge on any atom is 0.234 e. The van der Waals surface area contributed by atoms with E-state index in [1.165, 1.54) is 12.8 Å². The topological polar surface area (TPSA) is 64.7 Å². The number of benzene rings is 1. The van der Waals surface area contributed by atoms with E-state index in [1.807, 2.05) is 25.1 Å². The summed E-state index contributed by atoms with van der Waals surface area (Å²) in [6.45, 7) is 6.50. The fourth-order valence-electron chi connectivity index (χ4n) is 4.35. The molecule has 2 N–H and O–H groups in total. The molecular weight excluding hydrogens is 388 g/mol. The summed E-state index contributed by atoms with van der Waals surface area (Å²) in [4.78, 5) is 28.8. The zero-order valence-corrected chi connectivity index (χ0v) is 18.1. The molecule has 2 heterocycles. The molecule has 2 unspecified atom stereocenters. The largest absolute Gasteiger partial charge is 0.353 e. The van der Waals surface area contributed by atoms with Gasteiger partial charge in [0.25, 0.3) is 0 Å². The highest BCUT2D eigenvalue weighted by atomic mass is 35.5. The van der Waals surface area contributed by atoms with Crippen molar-refractivity contribution >= 4 is 23.4 Å². The minimum atomic E-state index is 0.0312. The van der Waals surface area contributed by atoms with Crippen LogP contribution in [0, 0.1) is 0 Å². The zero-order chi connectivity index (χ0) is 20.6. The van der Waals surface area contributed by atoms with Crippen molar-refractivity contribution in [3.05, 3.63) is 34.9 Å². The average molecular weight is 421 g/mol. The van der Waals surface area contributed by atoms with E-state index >= 15 is 0 Å². The summed E-state index contributed by atoms with van der Waals surface area (Å²) >= 11 is 6.46. The number of halogens is 1. The Balaban J connectivity index is 1.53. The van der Waals surface area contributed by atoms with Crippen LogP contribution in [0.2, 0.25) is 5.02 Å². The molecule has 7 heteroatoms. The summed E-state index contributed by atoms with van der Waals surface area (Å²) in [6.07, 6.45) is 4.85. The van der Waals surface area contributed by atoms with E-state index in [2.05, 4.69) is 26.5 Å². The van der Waals surface area contributed by atoms with Gasteiger partial charge < -0.3 is 10.6 Å². The van der Waals surface area contributed by atoms with E-state index in [9.17, 15) is 9.59 Å². The molecule has 2 aliphatic rings. The fourth-order valence-corrected chi connectivity index (χ4v) is 4.61. The number of nitrogens with zero attached hydrogens (tertiary/aromatic N) is 2. The minimum Gasteiger partial charge on any atom is -0.353 e. The SMILES string of the molecule is CCC(=O)NC1CCCN(CC(=O)NCC(c2ccccc2Cl)N2CCCC2)C1. The zero-order valence-electron chi connectivity index (χ0n) is 17.3. The Kier molecular flexibility index (Phi) is 8.33. The first-order valence-electron chi connectivity index (χ1n) is 10.8. The lowest BCUT2D eigenvalue weighted by Crippen LogP contribution is -2.50. The normalized spacial score (nSPS) is 21.7. The number of nitrogens with one attached hydrogen (secondary N) is 2. The van der Waals surface area contributed by atoms with Crippen molar-refractivity contribution in [2.75, 3.05) is 39.3 Å². The van der Waals surface area contributed by atoms with Crippen LogP contribution in [-0.2, 0) is 9.59 Å². The number of carbonyl (C=O) groups excluding carboxylic acids is 2. The number of amides is 2. The maximum absolute atomic E-state index is 12.6. The third-order valence-corrected chi connectivity index (χ3v) is 6.24. The molecule has 2 aliphatic heterocycles. The van der Waals surface area contributed by atoms with Gasteiger partial charge in [0, 0.05) is 30.6 Å². The van der Waals surface area contributed by atoms with Crippen molar-refractivity contribution in [3.8, 4) is 0 Å². The molecule has 0 bridgehead atoms. The maximum atomic E-state index is 12.6. The molecule has 1 aromatic carbocycles. The molecule has 0 spiro atoms. The molecule has 0 aliphatic carbocycles. The Morgan fingerprint density at radius 3 is 2.62 bits per heavy atom. The Labute approximate surface area is 179 Å². The highest BCUT2D eigenvalue weighted by Crippen LogP contribution is 2.29. The van der Waals surface area contributed by atoms with Crippen molar-refractivity contribution in [1.82, 2.24) is 20.4 Å². The first-order chi connectivity index (χ1) is 14.1. The molecular formula is C22H33ClN4O2. The van der Waals surface area contributed by atoms with Gasteiger partial charge in [-0.05, 0) is 56.9 Å². The van der Waals surface area contributed by atoms with Crippen LogP contribution in [0.5, 0.6) is 0 Å². The standard InChI is InChI=1S/C22H33ClN4O2/c1-2-21(28)25-17-8-7-11-26(15-17)16-22(29)24-14-20(27-12-5-6-13-27)18-9-3-4-10-19(18)23/h3-4,9-10,17,20H,2,5-8,11-16H2,1H3,(H,24,29)(H,25,28). The van der Waals surface area contributed by atoms with Crippen molar-refractivity contribution < 1.29 is 9.59 Å². The predicted molar refractivity (Wildman–Crippen MR) is 116 cm³/mol. The van der Waals surface area contributed by atoms with Crippen LogP contribution in [0.4, 0.5) is 0 Å². The summed E-state index contributed by atoms with van der Waals surface area (Å²) in [5.74, 6) is 0.109. The van der Waals surface area contributed by atoms with E-state index in [0.29, 0.717) is 19.5 Å². The van der Waals surface area contributed by atoms with E-state index in [0.717, 1.165) is 49.6 Å². The number of hydrogen-bond acceptors (Lipinski definition) is 4. The van der Waals surface area contributed by atoms with Gasteiger partial charge in [-0.3, -0.25) is 19.4 Å². The lowest BCUT2D eigenvalue weighted by molar-refractivity contribution is -0.123. The number of rotatable bonds is 8. The minimum absolute atomic E-state index is 0.0312. The molecule has 1 aromatic rings. The molecule has 0 aromatic heterocycles. The van der Waals surface area contributed by atoms with Crippen LogP contribution in [0.3, 0.4) is 0 Å². The van der Waals surface area contributed by atoms with E-state index in [-0.39, 0.29) is 23.9 Å². The molecule has 29 heavy (non-hydrogen) atoms. The third-order valence-electron chi connectivity index (χ3n) is 5.90. The number of hydrogen-bond donors (Lipinski definition) is 2. The molecule has 2 amide bonds. The van der Waals surface area contributed by atoms with Crippen molar-refractivity contribution in [1.29, 1.82) is 0 Å². The van der Waals surface area contributed by atoms with Gasteiger partial charge in [-0.25, -0.2) is 0 Å². The van der Waals surface area contributed by atoms with Crippen LogP contribution < -0.4 is 10.6 Å². The summed E-state index contributed by atoms with van der Waals surface area (Å²) in [7, 11) is 0. The highest BCUT2D eigenvalue weighted by molar-refractivity contribution is 6.31. The van der Waals surface area contributed by atoms with E-state index in [1.54, 1.807) is 0 Å².